The lowest BCUT2D eigenvalue weighted by Gasteiger charge is -2.18. The first-order valence-electron chi connectivity index (χ1n) is 5.85. The van der Waals surface area contributed by atoms with Gasteiger partial charge in [-0.25, -0.2) is 4.79 Å². The minimum Gasteiger partial charge on any atom is -0.465 e. The summed E-state index contributed by atoms with van der Waals surface area (Å²) >= 11 is 0. The Labute approximate surface area is 107 Å². The fourth-order valence-electron chi connectivity index (χ4n) is 1.62. The minimum atomic E-state index is -0.391. The van der Waals surface area contributed by atoms with Crippen LogP contribution in [0.4, 0.5) is 11.4 Å². The zero-order valence-electron chi connectivity index (χ0n) is 11.0. The monoisotopic (exact) mass is 252 g/mol. The first kappa shape index (κ1) is 14.3. The van der Waals surface area contributed by atoms with Crippen molar-refractivity contribution in [3.63, 3.8) is 0 Å². The van der Waals surface area contributed by atoms with E-state index in [2.05, 4.69) is 17.0 Å². The van der Waals surface area contributed by atoms with Crippen molar-refractivity contribution in [2.75, 3.05) is 31.9 Å². The highest BCUT2D eigenvalue weighted by Gasteiger charge is 2.11. The van der Waals surface area contributed by atoms with Gasteiger partial charge in [-0.15, -0.1) is 0 Å². The van der Waals surface area contributed by atoms with Gasteiger partial charge in [0.05, 0.1) is 30.7 Å². The summed E-state index contributed by atoms with van der Waals surface area (Å²) in [6.07, 6.45) is 0.923. The van der Waals surface area contributed by atoms with Crippen LogP contribution < -0.4 is 11.1 Å². The van der Waals surface area contributed by atoms with E-state index in [1.807, 2.05) is 0 Å². The second-order valence-electron chi connectivity index (χ2n) is 4.00. The fourth-order valence-corrected chi connectivity index (χ4v) is 1.62. The van der Waals surface area contributed by atoms with Gasteiger partial charge in [0, 0.05) is 13.2 Å². The molecule has 0 spiro atoms. The second kappa shape index (κ2) is 6.86. The third-order valence-electron chi connectivity index (χ3n) is 2.69. The number of benzene rings is 1. The molecule has 1 unspecified atom stereocenters. The maximum atomic E-state index is 11.3. The predicted octanol–water partition coefficient (Wildman–Crippen LogP) is 1.89. The Morgan fingerprint density at radius 2 is 2.17 bits per heavy atom. The lowest BCUT2D eigenvalue weighted by molar-refractivity contribution is 0.0601. The molecule has 1 atom stereocenters. The molecule has 1 aromatic carbocycles. The molecule has 100 valence electrons. The number of rotatable bonds is 6. The number of hydrogen-bond acceptors (Lipinski definition) is 5. The molecule has 1 rings (SSSR count). The van der Waals surface area contributed by atoms with Crippen LogP contribution in [0.15, 0.2) is 18.2 Å². The van der Waals surface area contributed by atoms with E-state index >= 15 is 0 Å². The van der Waals surface area contributed by atoms with Crippen molar-refractivity contribution in [1.82, 2.24) is 0 Å². The number of methoxy groups -OCH3 is 2. The average Bonchev–Trinajstić information content (AvgIpc) is 2.39. The Kier molecular flexibility index (Phi) is 5.45. The molecule has 0 fully saturated rings. The molecular formula is C13H20N2O3. The van der Waals surface area contributed by atoms with Crippen molar-refractivity contribution >= 4 is 17.3 Å². The van der Waals surface area contributed by atoms with E-state index < -0.39 is 5.97 Å². The van der Waals surface area contributed by atoms with Crippen molar-refractivity contribution in [1.29, 1.82) is 0 Å². The Balaban J connectivity index is 2.82. The van der Waals surface area contributed by atoms with Gasteiger partial charge in [-0.05, 0) is 24.6 Å². The molecule has 0 aliphatic carbocycles. The minimum absolute atomic E-state index is 0.196. The number of hydrogen-bond donors (Lipinski definition) is 2. The van der Waals surface area contributed by atoms with E-state index in [0.717, 1.165) is 12.1 Å². The number of nitrogens with one attached hydrogen (secondary N) is 1. The third kappa shape index (κ3) is 3.63. The van der Waals surface area contributed by atoms with Crippen LogP contribution in [0.25, 0.3) is 0 Å². The summed E-state index contributed by atoms with van der Waals surface area (Å²) in [7, 11) is 3.00. The first-order valence-corrected chi connectivity index (χ1v) is 5.85. The maximum Gasteiger partial charge on any atom is 0.337 e. The van der Waals surface area contributed by atoms with Gasteiger partial charge in [-0.1, -0.05) is 6.92 Å². The van der Waals surface area contributed by atoms with E-state index in [1.165, 1.54) is 7.11 Å². The van der Waals surface area contributed by atoms with Crippen molar-refractivity contribution in [3.05, 3.63) is 23.8 Å². The highest BCUT2D eigenvalue weighted by Crippen LogP contribution is 2.21. The quantitative estimate of drug-likeness (QED) is 0.597. The molecule has 0 bridgehead atoms. The molecule has 3 N–H and O–H groups in total. The molecule has 18 heavy (non-hydrogen) atoms. The van der Waals surface area contributed by atoms with Crippen LogP contribution in [0, 0.1) is 0 Å². The molecule has 0 heterocycles. The van der Waals surface area contributed by atoms with Crippen LogP contribution in [0.1, 0.15) is 23.7 Å². The van der Waals surface area contributed by atoms with Crippen LogP contribution in [0.5, 0.6) is 0 Å². The molecule has 0 saturated heterocycles. The van der Waals surface area contributed by atoms with Gasteiger partial charge < -0.3 is 20.5 Å². The smallest absolute Gasteiger partial charge is 0.337 e. The third-order valence-corrected chi connectivity index (χ3v) is 2.69. The summed E-state index contributed by atoms with van der Waals surface area (Å²) in [6.45, 7) is 2.67. The lowest BCUT2D eigenvalue weighted by Crippen LogP contribution is -2.24. The Hall–Kier alpha value is -1.75. The molecule has 0 aliphatic heterocycles. The van der Waals surface area contributed by atoms with Crippen molar-refractivity contribution in [2.24, 2.45) is 0 Å². The zero-order chi connectivity index (χ0) is 13.5. The van der Waals surface area contributed by atoms with E-state index in [-0.39, 0.29) is 6.04 Å². The summed E-state index contributed by atoms with van der Waals surface area (Å²) in [5.74, 6) is -0.391. The summed E-state index contributed by atoms with van der Waals surface area (Å²) in [4.78, 5) is 11.3. The van der Waals surface area contributed by atoms with Crippen LogP contribution in [-0.2, 0) is 9.47 Å². The standard InChI is InChI=1S/C13H20N2O3/c1-4-10(8-17-2)15-12-6-5-9(7-11(12)14)13(16)18-3/h5-7,10,15H,4,8,14H2,1-3H3. The Morgan fingerprint density at radius 1 is 1.44 bits per heavy atom. The van der Waals surface area contributed by atoms with Crippen LogP contribution in [0.2, 0.25) is 0 Å². The number of carbonyl (C=O) groups excluding carboxylic acids is 1. The van der Waals surface area contributed by atoms with Gasteiger partial charge in [-0.3, -0.25) is 0 Å². The summed E-state index contributed by atoms with van der Waals surface area (Å²) in [5.41, 5.74) is 7.67. The molecule has 5 nitrogen and oxygen atoms in total. The number of anilines is 2. The fraction of sp³-hybridized carbons (Fsp3) is 0.462. The molecular weight excluding hydrogens is 232 g/mol. The van der Waals surface area contributed by atoms with E-state index in [0.29, 0.717) is 17.9 Å². The molecule has 0 aliphatic rings. The molecule has 0 radical (unpaired) electrons. The van der Waals surface area contributed by atoms with Crippen molar-refractivity contribution in [2.45, 2.75) is 19.4 Å². The number of ether oxygens (including phenoxy) is 2. The van der Waals surface area contributed by atoms with Crippen LogP contribution >= 0.6 is 0 Å². The van der Waals surface area contributed by atoms with Gasteiger partial charge in [0.2, 0.25) is 0 Å². The van der Waals surface area contributed by atoms with E-state index in [4.69, 9.17) is 10.5 Å². The number of carbonyl (C=O) groups is 1. The summed E-state index contributed by atoms with van der Waals surface area (Å²) < 4.78 is 9.75. The molecule has 1 aromatic rings. The largest absolute Gasteiger partial charge is 0.465 e. The highest BCUT2D eigenvalue weighted by molar-refractivity contribution is 5.91. The molecule has 0 aromatic heterocycles. The number of esters is 1. The normalized spacial score (nSPS) is 11.9. The van der Waals surface area contributed by atoms with Crippen molar-refractivity contribution in [3.8, 4) is 0 Å². The second-order valence-corrected chi connectivity index (χ2v) is 4.00. The molecule has 5 heteroatoms. The SMILES string of the molecule is CCC(COC)Nc1ccc(C(=O)OC)cc1N. The van der Waals surface area contributed by atoms with Crippen LogP contribution in [0.3, 0.4) is 0 Å². The van der Waals surface area contributed by atoms with Gasteiger partial charge >= 0.3 is 5.97 Å². The van der Waals surface area contributed by atoms with Gasteiger partial charge in [-0.2, -0.15) is 0 Å². The molecule has 0 amide bonds. The van der Waals surface area contributed by atoms with Gasteiger partial charge in [0.1, 0.15) is 0 Å². The van der Waals surface area contributed by atoms with E-state index in [9.17, 15) is 4.79 Å². The lowest BCUT2D eigenvalue weighted by atomic mass is 10.1. The highest BCUT2D eigenvalue weighted by atomic mass is 16.5. The van der Waals surface area contributed by atoms with Crippen molar-refractivity contribution < 1.29 is 14.3 Å². The average molecular weight is 252 g/mol. The van der Waals surface area contributed by atoms with Gasteiger partial charge in [0.15, 0.2) is 0 Å². The maximum absolute atomic E-state index is 11.3. The number of nitrogens with two attached hydrogens (primary N) is 1. The summed E-state index contributed by atoms with van der Waals surface area (Å²) in [5, 5.41) is 3.28. The Morgan fingerprint density at radius 3 is 2.67 bits per heavy atom. The first-order chi connectivity index (χ1) is 8.62. The Bertz CT molecular complexity index is 407. The number of nitrogen functional groups attached to an aromatic ring is 1. The topological polar surface area (TPSA) is 73.6 Å². The van der Waals surface area contributed by atoms with Gasteiger partial charge in [0.25, 0.3) is 0 Å². The zero-order valence-corrected chi connectivity index (χ0v) is 11.0. The predicted molar refractivity (Wildman–Crippen MR) is 71.8 cm³/mol. The van der Waals surface area contributed by atoms with E-state index in [1.54, 1.807) is 25.3 Å². The van der Waals surface area contributed by atoms with Crippen LogP contribution in [-0.4, -0.2) is 32.8 Å². The summed E-state index contributed by atoms with van der Waals surface area (Å²) in [6, 6.07) is 5.26. The molecule has 0 saturated carbocycles.